The van der Waals surface area contributed by atoms with Crippen LogP contribution in [0, 0.1) is 24.5 Å². The minimum atomic E-state index is -0.353. The van der Waals surface area contributed by atoms with E-state index in [1.54, 1.807) is 25.1 Å². The summed E-state index contributed by atoms with van der Waals surface area (Å²) < 4.78 is 32.0. The Kier molecular flexibility index (Phi) is 9.12. The predicted octanol–water partition coefficient (Wildman–Crippen LogP) is 6.06. The van der Waals surface area contributed by atoms with Crippen LogP contribution < -0.4 is 0 Å². The van der Waals surface area contributed by atoms with Gasteiger partial charge in [0.25, 0.3) is 0 Å². The number of thiazole rings is 1. The van der Waals surface area contributed by atoms with Crippen LogP contribution in [0.5, 0.6) is 0 Å². The summed E-state index contributed by atoms with van der Waals surface area (Å²) in [5, 5.41) is 19.9. The smallest absolute Gasteiger partial charge is 0.236 e. The molecule has 2 N–H and O–H groups in total. The number of benzene rings is 2. The zero-order chi connectivity index (χ0) is 33.5. The number of rotatable bonds is 9. The van der Waals surface area contributed by atoms with Gasteiger partial charge in [-0.1, -0.05) is 19.1 Å². The van der Waals surface area contributed by atoms with E-state index in [2.05, 4.69) is 17.2 Å². The monoisotopic (exact) mass is 671 g/mol. The number of hydrogen-bond acceptors (Lipinski definition) is 7. The van der Waals surface area contributed by atoms with E-state index in [9.17, 15) is 19.4 Å². The number of amides is 1. The molecule has 0 saturated carbocycles. The molecular weight excluding hydrogens is 633 g/mol. The highest BCUT2D eigenvalue weighted by Crippen LogP contribution is 2.39. The van der Waals surface area contributed by atoms with Crippen molar-refractivity contribution in [3.63, 3.8) is 0 Å². The van der Waals surface area contributed by atoms with Crippen molar-refractivity contribution >= 4 is 22.9 Å². The van der Waals surface area contributed by atoms with Crippen molar-refractivity contribution in [3.05, 3.63) is 88.1 Å². The zero-order valence-corrected chi connectivity index (χ0v) is 27.9. The number of halogens is 2. The molecule has 8 nitrogen and oxygen atoms in total. The summed E-state index contributed by atoms with van der Waals surface area (Å²) in [6, 6.07) is 13.8. The molecule has 2 aliphatic rings. The summed E-state index contributed by atoms with van der Waals surface area (Å²) in [7, 11) is 0. The van der Waals surface area contributed by atoms with Crippen molar-refractivity contribution in [1.82, 2.24) is 24.2 Å². The van der Waals surface area contributed by atoms with E-state index in [1.165, 1.54) is 29.0 Å². The third-order valence-corrected chi connectivity index (χ3v) is 10.9. The number of aliphatic hydroxyl groups is 2. The molecule has 0 radical (unpaired) electrons. The summed E-state index contributed by atoms with van der Waals surface area (Å²) in [4.78, 5) is 26.9. The maximum atomic E-state index is 16.4. The number of likely N-dealkylation sites (tertiary alicyclic amines) is 2. The zero-order valence-electron chi connectivity index (χ0n) is 27.1. The van der Waals surface area contributed by atoms with Crippen LogP contribution in [0.2, 0.25) is 0 Å². The molecule has 0 atom stereocenters. The van der Waals surface area contributed by atoms with Gasteiger partial charge in [-0.25, -0.2) is 18.7 Å². The lowest BCUT2D eigenvalue weighted by Crippen LogP contribution is -2.54. The van der Waals surface area contributed by atoms with E-state index in [1.807, 2.05) is 28.4 Å². The second-order valence-corrected chi connectivity index (χ2v) is 14.0. The van der Waals surface area contributed by atoms with Gasteiger partial charge in [0, 0.05) is 48.5 Å². The third-order valence-electron chi connectivity index (χ3n) is 9.86. The standard InChI is InChI=1S/C37H39F2N5O3S/c1-3-30-36(29-10-9-28(22(2)34(29)39)37-41-35(31(21-46)48-37)25-4-7-27(38)8-5-25)44-18-26(6-11-32(44)40-30)24-12-14-42(15-13-24)19-33(47)43-16-23(17-43)20-45/h4-11,18,23-24,45-46H,3,12-17,19-21H2,1-2H3. The third kappa shape index (κ3) is 6.04. The van der Waals surface area contributed by atoms with Gasteiger partial charge in [0.1, 0.15) is 22.3 Å². The molecule has 2 fully saturated rings. The van der Waals surface area contributed by atoms with Crippen LogP contribution in [-0.2, 0) is 17.8 Å². The van der Waals surface area contributed by atoms with E-state index in [-0.39, 0.29) is 36.7 Å². The Morgan fingerprint density at radius 2 is 1.71 bits per heavy atom. The first kappa shape index (κ1) is 32.5. The second kappa shape index (κ2) is 13.5. The summed E-state index contributed by atoms with van der Waals surface area (Å²) in [5.41, 5.74) is 6.31. The van der Waals surface area contributed by atoms with Gasteiger partial charge >= 0.3 is 0 Å². The van der Waals surface area contributed by atoms with Crippen LogP contribution in [0.3, 0.4) is 0 Å². The van der Waals surface area contributed by atoms with Gasteiger partial charge in [0.05, 0.1) is 35.1 Å². The average molecular weight is 672 g/mol. The normalized spacial score (nSPS) is 16.2. The molecule has 11 heteroatoms. The molecule has 2 aliphatic heterocycles. The number of aryl methyl sites for hydroxylation is 1. The minimum Gasteiger partial charge on any atom is -0.396 e. The maximum absolute atomic E-state index is 16.4. The second-order valence-electron chi connectivity index (χ2n) is 12.9. The van der Waals surface area contributed by atoms with Crippen molar-refractivity contribution in [1.29, 1.82) is 0 Å². The van der Waals surface area contributed by atoms with Crippen LogP contribution in [0.4, 0.5) is 8.78 Å². The first-order valence-corrected chi connectivity index (χ1v) is 17.4. The number of hydrogen-bond donors (Lipinski definition) is 2. The fourth-order valence-corrected chi connectivity index (χ4v) is 8.02. The number of aliphatic hydroxyl groups excluding tert-OH is 2. The van der Waals surface area contributed by atoms with Crippen molar-refractivity contribution in [2.45, 2.75) is 45.6 Å². The fourth-order valence-electron chi connectivity index (χ4n) is 6.99. The van der Waals surface area contributed by atoms with Gasteiger partial charge < -0.3 is 15.1 Å². The van der Waals surface area contributed by atoms with Gasteiger partial charge in [-0.2, -0.15) is 0 Å². The van der Waals surface area contributed by atoms with Crippen molar-refractivity contribution in [2.75, 3.05) is 39.3 Å². The number of pyridine rings is 1. The number of imidazole rings is 1. The molecule has 0 unspecified atom stereocenters. The van der Waals surface area contributed by atoms with Gasteiger partial charge in [-0.15, -0.1) is 11.3 Å². The van der Waals surface area contributed by atoms with Crippen molar-refractivity contribution < 1.29 is 23.8 Å². The Morgan fingerprint density at radius 1 is 0.979 bits per heavy atom. The topological polar surface area (TPSA) is 94.2 Å². The van der Waals surface area contributed by atoms with E-state index in [0.29, 0.717) is 69.8 Å². The molecular formula is C37H39F2N5O3S. The number of aromatic nitrogens is 3. The predicted molar refractivity (Wildman–Crippen MR) is 183 cm³/mol. The van der Waals surface area contributed by atoms with Crippen LogP contribution in [0.25, 0.3) is 38.7 Å². The minimum absolute atomic E-state index is 0.134. The molecule has 0 aliphatic carbocycles. The quantitative estimate of drug-likeness (QED) is 0.198. The van der Waals surface area contributed by atoms with Gasteiger partial charge in [-0.05, 0) is 92.7 Å². The van der Waals surface area contributed by atoms with Crippen LogP contribution in [-0.4, -0.2) is 79.6 Å². The Balaban J connectivity index is 1.14. The van der Waals surface area contributed by atoms with E-state index >= 15 is 4.39 Å². The lowest BCUT2D eigenvalue weighted by molar-refractivity contribution is -0.139. The molecule has 7 rings (SSSR count). The Morgan fingerprint density at radius 3 is 2.40 bits per heavy atom. The Hall–Kier alpha value is -4.03. The summed E-state index contributed by atoms with van der Waals surface area (Å²) in [5.74, 6) is -0.0294. The van der Waals surface area contributed by atoms with Gasteiger partial charge in [-0.3, -0.25) is 14.1 Å². The summed E-state index contributed by atoms with van der Waals surface area (Å²) in [6.45, 7) is 7.05. The average Bonchev–Trinajstić information content (AvgIpc) is 3.67. The number of carbonyl (C=O) groups is 1. The fraction of sp³-hybridized carbons (Fsp3) is 0.378. The van der Waals surface area contributed by atoms with Crippen molar-refractivity contribution in [3.8, 4) is 33.1 Å². The van der Waals surface area contributed by atoms with E-state index < -0.39 is 0 Å². The first-order valence-electron chi connectivity index (χ1n) is 16.6. The van der Waals surface area contributed by atoms with Crippen molar-refractivity contribution in [2.24, 2.45) is 5.92 Å². The van der Waals surface area contributed by atoms with E-state index in [4.69, 9.17) is 9.97 Å². The largest absolute Gasteiger partial charge is 0.396 e. The molecule has 2 saturated heterocycles. The highest BCUT2D eigenvalue weighted by molar-refractivity contribution is 7.15. The molecule has 48 heavy (non-hydrogen) atoms. The van der Waals surface area contributed by atoms with Gasteiger partial charge in [0.15, 0.2) is 0 Å². The van der Waals surface area contributed by atoms with Gasteiger partial charge in [0.2, 0.25) is 5.91 Å². The maximum Gasteiger partial charge on any atom is 0.236 e. The highest BCUT2D eigenvalue weighted by Gasteiger charge is 2.32. The van der Waals surface area contributed by atoms with Crippen LogP contribution >= 0.6 is 11.3 Å². The number of fused-ring (bicyclic) bond motifs is 1. The van der Waals surface area contributed by atoms with Crippen LogP contribution in [0.15, 0.2) is 54.7 Å². The molecule has 250 valence electrons. The Labute approximate surface area is 282 Å². The molecule has 0 bridgehead atoms. The van der Waals surface area contributed by atoms with Crippen LogP contribution in [0.1, 0.15) is 47.4 Å². The molecule has 1 amide bonds. The molecule has 2 aromatic carbocycles. The summed E-state index contributed by atoms with van der Waals surface area (Å²) >= 11 is 1.30. The summed E-state index contributed by atoms with van der Waals surface area (Å²) in [6.07, 6.45) is 4.59. The molecule has 5 heterocycles. The Bertz CT molecular complexity index is 1960. The number of nitrogens with zero attached hydrogens (tertiary/aromatic N) is 5. The lowest BCUT2D eigenvalue weighted by Gasteiger charge is -2.40. The molecule has 0 spiro atoms. The SMILES string of the molecule is CCc1nc2ccc(C3CCN(CC(=O)N4CC(CO)C4)CC3)cn2c1-c1ccc(-c2nc(-c3ccc(F)cc3)c(CO)s2)c(C)c1F. The lowest BCUT2D eigenvalue weighted by atomic mass is 9.90. The number of carbonyl (C=O) groups excluding carboxylic acids is 1. The highest BCUT2D eigenvalue weighted by atomic mass is 32.1. The number of piperidine rings is 1. The molecule has 5 aromatic rings. The first-order chi connectivity index (χ1) is 23.3. The van der Waals surface area contributed by atoms with E-state index in [0.717, 1.165) is 43.0 Å². The molecule has 3 aromatic heterocycles.